The summed E-state index contributed by atoms with van der Waals surface area (Å²) in [5, 5.41) is 5.37. The van der Waals surface area contributed by atoms with Gasteiger partial charge in [0.15, 0.2) is 0 Å². The summed E-state index contributed by atoms with van der Waals surface area (Å²) in [4.78, 5) is 33.0. The van der Waals surface area contributed by atoms with Crippen LogP contribution in [0, 0.1) is 0 Å². The molecule has 88 valence electrons. The third kappa shape index (κ3) is 4.75. The second kappa shape index (κ2) is 5.61. The fourth-order valence-electron chi connectivity index (χ4n) is 0.170. The van der Waals surface area contributed by atoms with Gasteiger partial charge in [-0.3, -0.25) is 9.13 Å². The zero-order valence-corrected chi connectivity index (χ0v) is 11.0. The average molecular weight is 419 g/mol. The van der Waals surface area contributed by atoms with Crippen LogP contribution in [-0.4, -0.2) is 29.8 Å². The van der Waals surface area contributed by atoms with Crippen molar-refractivity contribution < 1.29 is 74.7 Å². The van der Waals surface area contributed by atoms with Crippen LogP contribution in [-0.2, 0) is 50.0 Å². The molecule has 0 amide bonds. The summed E-state index contributed by atoms with van der Waals surface area (Å²) in [5.74, 6) is 0. The maximum atomic E-state index is 10.3. The molecule has 13 heavy (non-hydrogen) atoms. The summed E-state index contributed by atoms with van der Waals surface area (Å²) in [6.45, 7) is 0.383. The third-order valence-electron chi connectivity index (χ3n) is 1.10. The first kappa shape index (κ1) is 20.1. The maximum Gasteiger partial charge on any atom is 0.369 e. The molecule has 0 saturated heterocycles. The zero-order valence-electron chi connectivity index (χ0n) is 6.08. The van der Waals surface area contributed by atoms with E-state index in [-0.39, 0.29) is 40.8 Å². The second-order valence-electron chi connectivity index (χ2n) is 2.06. The van der Waals surface area contributed by atoms with Gasteiger partial charge < -0.3 is 24.7 Å². The summed E-state index contributed by atoms with van der Waals surface area (Å²) in [6.07, 6.45) is 0. The first-order chi connectivity index (χ1) is 4.50. The Bertz CT molecular complexity index is 215. The molecule has 0 aromatic heterocycles. The molecule has 0 aliphatic rings. The predicted molar refractivity (Wildman–Crippen MR) is 34.7 cm³/mol. The van der Waals surface area contributed by atoms with Gasteiger partial charge in [0.05, 0.1) is 0 Å². The van der Waals surface area contributed by atoms with E-state index in [0.717, 1.165) is 0 Å². The smallest absolute Gasteiger partial charge is 0.368 e. The molecule has 0 saturated carbocycles. The SMILES string of the molecule is CC(O)(P(=O)(O)O)P(=O)(O)O.[Pd].[Pd]. The summed E-state index contributed by atoms with van der Waals surface area (Å²) in [6, 6.07) is 0. The molecule has 5 N–H and O–H groups in total. The summed E-state index contributed by atoms with van der Waals surface area (Å²) in [7, 11) is -10.4. The van der Waals surface area contributed by atoms with Gasteiger partial charge in [-0.05, 0) is 6.92 Å². The number of hydrogen-bond acceptors (Lipinski definition) is 3. The van der Waals surface area contributed by atoms with Gasteiger partial charge in [-0.2, -0.15) is 0 Å². The van der Waals surface area contributed by atoms with Gasteiger partial charge in [0, 0.05) is 40.8 Å². The van der Waals surface area contributed by atoms with Crippen LogP contribution in [0.4, 0.5) is 0 Å². The third-order valence-corrected chi connectivity index (χ3v) is 4.87. The van der Waals surface area contributed by atoms with E-state index in [0.29, 0.717) is 6.92 Å². The van der Waals surface area contributed by atoms with Gasteiger partial charge >= 0.3 is 15.2 Å². The molecule has 0 aliphatic heterocycles. The van der Waals surface area contributed by atoms with Crippen LogP contribution in [0.1, 0.15) is 6.92 Å². The zero-order chi connectivity index (χ0) is 9.50. The van der Waals surface area contributed by atoms with Crippen molar-refractivity contribution in [3.63, 3.8) is 0 Å². The Balaban J connectivity index is -0.000000500. The first-order valence-electron chi connectivity index (χ1n) is 2.34. The van der Waals surface area contributed by atoms with Crippen molar-refractivity contribution in [1.82, 2.24) is 0 Å². The normalized spacial score (nSPS) is 12.8. The fourth-order valence-corrected chi connectivity index (χ4v) is 1.53. The van der Waals surface area contributed by atoms with Gasteiger partial charge in [0.1, 0.15) is 0 Å². The Morgan fingerprint density at radius 3 is 1.08 bits per heavy atom. The van der Waals surface area contributed by atoms with Crippen molar-refractivity contribution in [3.8, 4) is 0 Å². The van der Waals surface area contributed by atoms with Gasteiger partial charge in [-0.1, -0.05) is 0 Å². The van der Waals surface area contributed by atoms with E-state index in [1.807, 2.05) is 0 Å². The molecule has 0 rings (SSSR count). The largest absolute Gasteiger partial charge is 0.369 e. The fraction of sp³-hybridized carbons (Fsp3) is 1.00. The Morgan fingerprint density at radius 2 is 1.08 bits per heavy atom. The predicted octanol–water partition coefficient (Wildman–Crippen LogP) is -0.997. The molecule has 0 heterocycles. The monoisotopic (exact) mass is 418 g/mol. The average Bonchev–Trinajstić information content (AvgIpc) is 1.58. The number of rotatable bonds is 2. The summed E-state index contributed by atoms with van der Waals surface area (Å²) in [5.41, 5.74) is 0. The van der Waals surface area contributed by atoms with Crippen LogP contribution < -0.4 is 0 Å². The van der Waals surface area contributed by atoms with E-state index in [4.69, 9.17) is 24.7 Å². The van der Waals surface area contributed by atoms with E-state index in [2.05, 4.69) is 0 Å². The van der Waals surface area contributed by atoms with Crippen molar-refractivity contribution in [2.45, 2.75) is 12.0 Å². The molecule has 0 radical (unpaired) electrons. The minimum absolute atomic E-state index is 0. The Morgan fingerprint density at radius 1 is 0.923 bits per heavy atom. The van der Waals surface area contributed by atoms with Gasteiger partial charge in [-0.15, -0.1) is 0 Å². The van der Waals surface area contributed by atoms with Gasteiger partial charge in [0.25, 0.3) is 5.08 Å². The minimum atomic E-state index is -5.20. The summed E-state index contributed by atoms with van der Waals surface area (Å²) < 4.78 is 20.5. The Hall–Kier alpha value is 1.58. The van der Waals surface area contributed by atoms with Crippen LogP contribution in [0.15, 0.2) is 0 Å². The van der Waals surface area contributed by atoms with E-state index in [1.165, 1.54) is 0 Å². The number of hydrogen-bond donors (Lipinski definition) is 5. The molecule has 0 aromatic carbocycles. The minimum Gasteiger partial charge on any atom is -0.368 e. The maximum absolute atomic E-state index is 10.3. The van der Waals surface area contributed by atoms with Crippen molar-refractivity contribution in [2.75, 3.05) is 0 Å². The molecule has 0 aromatic rings. The standard InChI is InChI=1S/C2H8O7P2.2Pd/c1-2(3,10(4,5)6)11(7,8)9;;/h3H,1H3,(H2,4,5,6)(H2,7,8,9);;. The quantitative estimate of drug-likeness (QED) is 0.287. The number of aliphatic hydroxyl groups is 1. The van der Waals surface area contributed by atoms with E-state index >= 15 is 0 Å². The van der Waals surface area contributed by atoms with Crippen molar-refractivity contribution in [2.24, 2.45) is 0 Å². The van der Waals surface area contributed by atoms with Crippen LogP contribution >= 0.6 is 15.2 Å². The molecule has 0 fully saturated rings. The molecule has 11 heteroatoms. The molecule has 7 nitrogen and oxygen atoms in total. The van der Waals surface area contributed by atoms with E-state index in [1.54, 1.807) is 0 Å². The van der Waals surface area contributed by atoms with E-state index < -0.39 is 20.3 Å². The van der Waals surface area contributed by atoms with Crippen LogP contribution in [0.2, 0.25) is 0 Å². The van der Waals surface area contributed by atoms with Crippen molar-refractivity contribution >= 4 is 15.2 Å². The van der Waals surface area contributed by atoms with Gasteiger partial charge in [-0.25, -0.2) is 0 Å². The first-order valence-corrected chi connectivity index (χ1v) is 5.56. The van der Waals surface area contributed by atoms with Crippen molar-refractivity contribution in [3.05, 3.63) is 0 Å². The van der Waals surface area contributed by atoms with Crippen LogP contribution in [0.25, 0.3) is 0 Å². The summed E-state index contributed by atoms with van der Waals surface area (Å²) >= 11 is 0. The van der Waals surface area contributed by atoms with Crippen LogP contribution in [0.3, 0.4) is 0 Å². The molecular weight excluding hydrogens is 411 g/mol. The molecule has 0 unspecified atom stereocenters. The molecular formula is C2H8O7P2Pd2. The molecule has 0 atom stereocenters. The van der Waals surface area contributed by atoms with Crippen molar-refractivity contribution in [1.29, 1.82) is 0 Å². The molecule has 0 spiro atoms. The van der Waals surface area contributed by atoms with E-state index in [9.17, 15) is 9.13 Å². The van der Waals surface area contributed by atoms with Gasteiger partial charge in [0.2, 0.25) is 0 Å². The molecule has 0 aliphatic carbocycles. The molecule has 0 bridgehead atoms. The van der Waals surface area contributed by atoms with Crippen LogP contribution in [0.5, 0.6) is 0 Å². The topological polar surface area (TPSA) is 135 Å². The Labute approximate surface area is 102 Å². The Kier molecular flexibility index (Phi) is 8.65. The second-order valence-corrected chi connectivity index (χ2v) is 6.33.